The van der Waals surface area contributed by atoms with Crippen LogP contribution in [0.25, 0.3) is 10.9 Å². The lowest BCUT2D eigenvalue weighted by Gasteiger charge is -2.32. The number of para-hydroxylation sites is 1. The number of carboxylic acid groups (broad SMARTS) is 1. The number of benzene rings is 2. The molecule has 0 radical (unpaired) electrons. The van der Waals surface area contributed by atoms with Crippen LogP contribution >= 0.6 is 0 Å². The van der Waals surface area contributed by atoms with E-state index >= 15 is 0 Å². The first-order valence-corrected chi connectivity index (χ1v) is 12.9. The number of aliphatic carboxylic acids is 1. The Morgan fingerprint density at radius 1 is 1.03 bits per heavy atom. The number of methoxy groups -OCH3 is 2. The second kappa shape index (κ2) is 12.0. The van der Waals surface area contributed by atoms with Gasteiger partial charge in [-0.05, 0) is 55.5 Å². The van der Waals surface area contributed by atoms with Gasteiger partial charge in [-0.1, -0.05) is 37.5 Å². The summed E-state index contributed by atoms with van der Waals surface area (Å²) in [5.74, 6) is -0.495. The van der Waals surface area contributed by atoms with E-state index in [-0.39, 0.29) is 24.7 Å². The first-order chi connectivity index (χ1) is 18.3. The molecule has 9 heteroatoms. The molecule has 1 aliphatic carbocycles. The SMILES string of the molecule is COc1cc(C)cc(OC)c1N(CC1CCCCC1)C(=O)CNC(=O)c1cc2ccccc2n1CC(=O)O. The van der Waals surface area contributed by atoms with Gasteiger partial charge in [-0.3, -0.25) is 14.4 Å². The summed E-state index contributed by atoms with van der Waals surface area (Å²) in [5.41, 5.74) is 2.31. The molecule has 1 aromatic heterocycles. The van der Waals surface area contributed by atoms with E-state index in [0.717, 1.165) is 36.6 Å². The highest BCUT2D eigenvalue weighted by molar-refractivity contribution is 6.03. The van der Waals surface area contributed by atoms with Crippen LogP contribution in [-0.2, 0) is 16.1 Å². The van der Waals surface area contributed by atoms with Gasteiger partial charge >= 0.3 is 5.97 Å². The molecule has 2 aromatic carbocycles. The summed E-state index contributed by atoms with van der Waals surface area (Å²) in [6, 6.07) is 12.6. The van der Waals surface area contributed by atoms with Crippen molar-refractivity contribution in [3.8, 4) is 11.5 Å². The number of ether oxygens (including phenoxy) is 2. The maximum atomic E-state index is 13.7. The van der Waals surface area contributed by atoms with Gasteiger partial charge in [0.25, 0.3) is 5.91 Å². The number of rotatable bonds is 10. The third-order valence-corrected chi connectivity index (χ3v) is 7.10. The van der Waals surface area contributed by atoms with Crippen molar-refractivity contribution < 1.29 is 29.0 Å². The van der Waals surface area contributed by atoms with Crippen molar-refractivity contribution in [3.63, 3.8) is 0 Å². The number of fused-ring (bicyclic) bond motifs is 1. The molecule has 4 rings (SSSR count). The Balaban J connectivity index is 1.61. The average Bonchev–Trinajstić information content (AvgIpc) is 3.28. The third kappa shape index (κ3) is 5.93. The maximum absolute atomic E-state index is 13.7. The van der Waals surface area contributed by atoms with Crippen molar-refractivity contribution in [2.45, 2.75) is 45.6 Å². The lowest BCUT2D eigenvalue weighted by molar-refractivity contribution is -0.137. The highest BCUT2D eigenvalue weighted by atomic mass is 16.5. The zero-order valence-corrected chi connectivity index (χ0v) is 22.2. The van der Waals surface area contributed by atoms with Gasteiger partial charge in [0, 0.05) is 17.4 Å². The van der Waals surface area contributed by atoms with E-state index in [0.29, 0.717) is 35.2 Å². The smallest absolute Gasteiger partial charge is 0.323 e. The average molecular weight is 522 g/mol. The Kier molecular flexibility index (Phi) is 8.55. The Labute approximate surface area is 222 Å². The van der Waals surface area contributed by atoms with Gasteiger partial charge < -0.3 is 29.4 Å². The van der Waals surface area contributed by atoms with E-state index in [1.165, 1.54) is 11.0 Å². The molecule has 2 N–H and O–H groups in total. The van der Waals surface area contributed by atoms with Crippen LogP contribution in [0.15, 0.2) is 42.5 Å². The number of aryl methyl sites for hydroxylation is 1. The molecular weight excluding hydrogens is 486 g/mol. The number of carbonyl (C=O) groups excluding carboxylic acids is 2. The largest absolute Gasteiger partial charge is 0.494 e. The molecule has 0 saturated heterocycles. The number of amides is 2. The molecule has 1 heterocycles. The minimum absolute atomic E-state index is 0.186. The standard InChI is InChI=1S/C29H35N3O6/c1-19-13-24(37-2)28(25(14-19)38-3)32(17-20-9-5-4-6-10-20)26(33)16-30-29(36)23-15-21-11-7-8-12-22(21)31(23)18-27(34)35/h7-8,11-15,20H,4-6,9-10,16-18H2,1-3H3,(H,30,36)(H,34,35). The molecule has 0 atom stereocenters. The Bertz CT molecular complexity index is 1300. The van der Waals surface area contributed by atoms with Crippen molar-refractivity contribution in [1.82, 2.24) is 9.88 Å². The molecule has 0 aliphatic heterocycles. The third-order valence-electron chi connectivity index (χ3n) is 7.10. The van der Waals surface area contributed by atoms with Gasteiger partial charge in [0.05, 0.1) is 20.8 Å². The molecule has 38 heavy (non-hydrogen) atoms. The van der Waals surface area contributed by atoms with E-state index in [4.69, 9.17) is 9.47 Å². The number of hydrogen-bond acceptors (Lipinski definition) is 5. The number of hydrogen-bond donors (Lipinski definition) is 2. The Morgan fingerprint density at radius 2 is 1.68 bits per heavy atom. The molecular formula is C29H35N3O6. The quantitative estimate of drug-likeness (QED) is 0.409. The zero-order chi connectivity index (χ0) is 27.2. The summed E-state index contributed by atoms with van der Waals surface area (Å²) in [6.45, 7) is 1.79. The molecule has 0 spiro atoms. The topological polar surface area (TPSA) is 110 Å². The van der Waals surface area contributed by atoms with Gasteiger partial charge in [-0.2, -0.15) is 0 Å². The van der Waals surface area contributed by atoms with Gasteiger partial charge in [-0.15, -0.1) is 0 Å². The number of anilines is 1. The number of aromatic nitrogens is 1. The van der Waals surface area contributed by atoms with E-state index in [1.54, 1.807) is 37.3 Å². The highest BCUT2D eigenvalue weighted by Gasteiger charge is 2.28. The van der Waals surface area contributed by atoms with Crippen molar-refractivity contribution in [2.24, 2.45) is 5.92 Å². The molecule has 1 fully saturated rings. The minimum atomic E-state index is -1.06. The number of carboxylic acids is 1. The maximum Gasteiger partial charge on any atom is 0.323 e. The van der Waals surface area contributed by atoms with Crippen molar-refractivity contribution >= 4 is 34.4 Å². The molecule has 9 nitrogen and oxygen atoms in total. The van der Waals surface area contributed by atoms with Gasteiger partial charge in [-0.25, -0.2) is 0 Å². The van der Waals surface area contributed by atoms with E-state index in [9.17, 15) is 19.5 Å². The minimum Gasteiger partial charge on any atom is -0.494 e. The Morgan fingerprint density at radius 3 is 2.32 bits per heavy atom. The van der Waals surface area contributed by atoms with Gasteiger partial charge in [0.1, 0.15) is 29.4 Å². The van der Waals surface area contributed by atoms with E-state index in [1.807, 2.05) is 31.2 Å². The summed E-state index contributed by atoms with van der Waals surface area (Å²) in [6.07, 6.45) is 5.51. The highest BCUT2D eigenvalue weighted by Crippen LogP contribution is 2.40. The monoisotopic (exact) mass is 521 g/mol. The summed E-state index contributed by atoms with van der Waals surface area (Å²) >= 11 is 0. The Hall–Kier alpha value is -4.01. The van der Waals surface area contributed by atoms with Gasteiger partial charge in [0.15, 0.2) is 0 Å². The molecule has 2 amide bonds. The lowest BCUT2D eigenvalue weighted by atomic mass is 9.88. The van der Waals surface area contributed by atoms with Crippen LogP contribution in [0.4, 0.5) is 5.69 Å². The predicted molar refractivity (Wildman–Crippen MR) is 145 cm³/mol. The normalized spacial score (nSPS) is 13.8. The van der Waals surface area contributed by atoms with Crippen molar-refractivity contribution in [1.29, 1.82) is 0 Å². The van der Waals surface area contributed by atoms with Crippen molar-refractivity contribution in [2.75, 3.05) is 32.2 Å². The van der Waals surface area contributed by atoms with Crippen LogP contribution in [-0.4, -0.2) is 54.8 Å². The fourth-order valence-electron chi connectivity index (χ4n) is 5.28. The van der Waals surface area contributed by atoms with Crippen LogP contribution in [0, 0.1) is 12.8 Å². The number of nitrogens with zero attached hydrogens (tertiary/aromatic N) is 2. The predicted octanol–water partition coefficient (Wildman–Crippen LogP) is 4.39. The van der Waals surface area contributed by atoms with Crippen LogP contribution in [0.5, 0.6) is 11.5 Å². The van der Waals surface area contributed by atoms with E-state index in [2.05, 4.69) is 5.32 Å². The van der Waals surface area contributed by atoms with Crippen molar-refractivity contribution in [3.05, 3.63) is 53.7 Å². The van der Waals surface area contributed by atoms with Crippen LogP contribution in [0.2, 0.25) is 0 Å². The molecule has 0 unspecified atom stereocenters. The summed E-state index contributed by atoms with van der Waals surface area (Å²) in [4.78, 5) is 40.1. The number of nitrogens with one attached hydrogen (secondary N) is 1. The molecule has 1 saturated carbocycles. The molecule has 3 aromatic rings. The molecule has 202 valence electrons. The van der Waals surface area contributed by atoms with Crippen LogP contribution in [0.3, 0.4) is 0 Å². The second-order valence-corrected chi connectivity index (χ2v) is 9.78. The van der Waals surface area contributed by atoms with E-state index < -0.39 is 11.9 Å². The fourth-order valence-corrected chi connectivity index (χ4v) is 5.28. The zero-order valence-electron chi connectivity index (χ0n) is 22.2. The first-order valence-electron chi connectivity index (χ1n) is 12.9. The van der Waals surface area contributed by atoms with Crippen LogP contribution in [0.1, 0.15) is 48.2 Å². The fraction of sp³-hybridized carbons (Fsp3) is 0.414. The first kappa shape index (κ1) is 27.0. The number of carbonyl (C=O) groups is 3. The summed E-state index contributed by atoms with van der Waals surface area (Å²) in [7, 11) is 3.12. The summed E-state index contributed by atoms with van der Waals surface area (Å²) in [5, 5.41) is 12.9. The lowest BCUT2D eigenvalue weighted by Crippen LogP contribution is -2.43. The summed E-state index contributed by atoms with van der Waals surface area (Å²) < 4.78 is 12.7. The molecule has 0 bridgehead atoms. The van der Waals surface area contributed by atoms with Gasteiger partial charge in [0.2, 0.25) is 5.91 Å². The molecule has 1 aliphatic rings. The second-order valence-electron chi connectivity index (χ2n) is 9.78. The van der Waals surface area contributed by atoms with Crippen LogP contribution < -0.4 is 19.7 Å².